The Morgan fingerprint density at radius 1 is 0.500 bits per heavy atom. The van der Waals surface area contributed by atoms with Crippen LogP contribution in [0.5, 0.6) is 0 Å². The quantitative estimate of drug-likeness (QED) is 0.0239. The molecule has 1 fully saturated rings. The van der Waals surface area contributed by atoms with Gasteiger partial charge < -0.3 is 39.2 Å². The summed E-state index contributed by atoms with van der Waals surface area (Å²) in [6, 6.07) is 0. The van der Waals surface area contributed by atoms with Crippen LogP contribution in [0.3, 0.4) is 0 Å². The first kappa shape index (κ1) is 113. The van der Waals surface area contributed by atoms with Crippen molar-refractivity contribution >= 4 is 62.9 Å². The molecule has 0 aliphatic carbocycles. The largest absolute Gasteiger partial charge is 0 e. The molecule has 1 saturated heterocycles. The van der Waals surface area contributed by atoms with Gasteiger partial charge in [0.2, 0.25) is 0 Å². The van der Waals surface area contributed by atoms with E-state index in [1.807, 2.05) is 152 Å². The Hall–Kier alpha value is -3.97. The Morgan fingerprint density at radius 2 is 0.846 bits per heavy atom. The van der Waals surface area contributed by atoms with Crippen LogP contribution in [-0.4, -0.2) is 110 Å². The number of epoxide rings is 1. The van der Waals surface area contributed by atoms with Crippen molar-refractivity contribution in [3.8, 4) is 0 Å². The van der Waals surface area contributed by atoms with Gasteiger partial charge in [-0.15, -0.1) is 0 Å². The van der Waals surface area contributed by atoms with E-state index in [1.165, 1.54) is 12.2 Å². The fraction of sp³-hybridized carbons (Fsp3) is 0.709. The number of ketones is 4. The normalized spacial score (nSPS) is 18.4. The number of ether oxygens (including phenoxy) is 1. The average molecular weight is 1730 g/mol. The van der Waals surface area contributed by atoms with Gasteiger partial charge in [-0.25, -0.2) is 0 Å². The van der Waals surface area contributed by atoms with Crippen molar-refractivity contribution in [2.24, 2.45) is 89.7 Å². The molecule has 0 bridgehead atoms. The van der Waals surface area contributed by atoms with Crippen LogP contribution in [0.25, 0.3) is 0 Å². The van der Waals surface area contributed by atoms with E-state index in [1.54, 1.807) is 32.1 Å². The molecule has 11 atom stereocenters. The van der Waals surface area contributed by atoms with Crippen molar-refractivity contribution in [2.75, 3.05) is 0 Å². The van der Waals surface area contributed by atoms with Gasteiger partial charge in [0.05, 0.1) is 24.4 Å². The first-order chi connectivity index (χ1) is 46.1. The molecule has 0 aromatic carbocycles. The topological polar surface area (TPSA) is 261 Å². The molecule has 15 nitrogen and oxygen atoms in total. The number of rotatable bonds is 26. The fourth-order valence-corrected chi connectivity index (χ4v) is 9.69. The second kappa shape index (κ2) is 50.7. The second-order valence-corrected chi connectivity index (χ2v) is 37.9. The molecule has 0 aromatic heterocycles. The molecule has 1 aliphatic heterocycles. The number of carbonyl (C=O) groups excluding carboxylic acids is 9. The molecule has 1 aliphatic rings. The molecule has 0 saturated carbocycles. The zero-order valence-electron chi connectivity index (χ0n) is 71.7. The first-order valence-corrected chi connectivity index (χ1v) is 36.6. The van der Waals surface area contributed by atoms with Gasteiger partial charge in [0.25, 0.3) is 0 Å². The van der Waals surface area contributed by atoms with Gasteiger partial charge in [-0.3, -0.25) is 24.0 Å². The number of carbonyl (C=O) groups is 9. The van der Waals surface area contributed by atoms with E-state index in [0.29, 0.717) is 31.1 Å². The van der Waals surface area contributed by atoms with Crippen LogP contribution in [0.15, 0.2) is 95.7 Å². The Kier molecular flexibility index (Phi) is 55.2. The van der Waals surface area contributed by atoms with E-state index in [0.717, 1.165) is 36.3 Å². The molecule has 1 heterocycles. The first-order valence-electron chi connectivity index (χ1n) is 36.2. The molecule has 104 heavy (non-hydrogen) atoms. The van der Waals surface area contributed by atoms with Crippen LogP contribution in [0.1, 0.15) is 275 Å². The summed E-state index contributed by atoms with van der Waals surface area (Å²) in [6.07, 6.45) is 26.3. The van der Waals surface area contributed by atoms with E-state index >= 15 is 0 Å². The molecule has 0 amide bonds. The van der Waals surface area contributed by atoms with Gasteiger partial charge in [0.15, 0.2) is 23.1 Å². The minimum Gasteiger partial charge on any atom is 0 e. The number of aliphatic hydroxyl groups excluding tert-OH is 3. The van der Waals surface area contributed by atoms with Crippen LogP contribution in [0.2, 0.25) is 0 Å². The Balaban J connectivity index is -0.000000183. The molecule has 5 unspecified atom stereocenters. The summed E-state index contributed by atoms with van der Waals surface area (Å²) in [5, 5.41) is 30.9. The standard InChI is InChI=1S/C17H28O3.C17H30O3.C17H28O3.C17H30O2.C17H28O2.CH4.BH.Mn.2O.U/c1-12(13(19)8-9-15(2,3)4)14-17(20-14,10-11-18)16(5,6)7;2*1-12(14(19)8-10-16(2,3)4)15(20)13(9-11-18)17(5,6)7;2*1-13(15(19)8-10-16(2,3)4)12-14(9-11-18)17(5,6)7;;;;;;/h8-9,11-12,14H,10H2,1-7H3;8,10-13,15,20H,9H2,1-7H3;8-12,15,20H,1-7H3;8,10-13,15,19H,9H2,1-7H3;8,10-13H,9H2,1-7H3;1H4;1H;;;;/b9-8+;10-8+;10-8+,13-9+;2*10-8+,14-12+;;;;;;/t12-,14?,17?;12-,13?,15?;12-,15?;13-,15+;13-;;;;;;/m00011....../s1/i;;;;;;1D;;;;. The maximum absolute atomic E-state index is 12.2. The third-order valence-corrected chi connectivity index (χ3v) is 16.7. The Morgan fingerprint density at radius 3 is 1.14 bits per heavy atom. The van der Waals surface area contributed by atoms with Crippen molar-refractivity contribution in [3.63, 3.8) is 0 Å². The predicted octanol–water partition coefficient (Wildman–Crippen LogP) is 18.5. The van der Waals surface area contributed by atoms with E-state index in [9.17, 15) is 58.5 Å². The average Bonchev–Trinajstić information content (AvgIpc) is 1.56. The van der Waals surface area contributed by atoms with Crippen molar-refractivity contribution in [2.45, 2.75) is 305 Å². The van der Waals surface area contributed by atoms with Crippen molar-refractivity contribution < 1.29 is 117 Å². The summed E-state index contributed by atoms with van der Waals surface area (Å²) in [7, 11) is 3.75. The molecule has 18 heteroatoms. The zero-order chi connectivity index (χ0) is 83.3. The molecule has 597 valence electrons. The summed E-state index contributed by atoms with van der Waals surface area (Å²) < 4.78 is 27.9. The van der Waals surface area contributed by atoms with E-state index in [-0.39, 0.29) is 152 Å². The van der Waals surface area contributed by atoms with E-state index < -0.39 is 50.6 Å². The van der Waals surface area contributed by atoms with Crippen LogP contribution in [-0.2, 0) is 70.4 Å². The number of aldehydes is 5. The predicted molar refractivity (Wildman–Crippen MR) is 424 cm³/mol. The maximum atomic E-state index is 12.2. The SMILES string of the molecule is C.C[C@@H](C(=O)/C=C/C(C)(C)C)C(O)/C(=C\C=O)C(C)(C)C.C[C@@H](C(=O)/C=C/C(C)(C)C)C(O)C(CC=O)C(C)(C)C.C[C@@H](C(=O)/C=C/C(C)(C)C)C1OC1(CC=O)C(C)(C)C.C[C@H](/C=C(\CC=O)C(C)(C)C)C(=O)/C=C/C(C)(C)C.C[C@H](/C=C(\CC=O)C(C)(C)C)[C@@H](O)/C=C/C(C)(C)C.[2H][B].[O]=[Mn]=[O].[U]. The molecule has 1 rings (SSSR count). The van der Waals surface area contributed by atoms with Gasteiger partial charge in [-0.2, -0.15) is 0 Å². The van der Waals surface area contributed by atoms with Gasteiger partial charge >= 0.3 is 22.5 Å². The second-order valence-electron chi connectivity index (χ2n) is 37.7. The van der Waals surface area contributed by atoms with E-state index in [2.05, 4.69) is 133 Å². The van der Waals surface area contributed by atoms with Crippen molar-refractivity contribution in [1.29, 1.82) is 1.34 Å². The molecule has 3 N–H and O–H groups in total. The van der Waals surface area contributed by atoms with E-state index in [4.69, 9.17) is 13.7 Å². The fourth-order valence-electron chi connectivity index (χ4n) is 9.69. The summed E-state index contributed by atoms with van der Waals surface area (Å²) in [4.78, 5) is 102. The number of allylic oxidation sites excluding steroid dienone is 13. The molecule has 0 spiro atoms. The minimum atomic E-state index is -1.44. The Bertz CT molecular complexity index is 2850. The zero-order valence-corrected chi connectivity index (χ0v) is 76.0. The third-order valence-electron chi connectivity index (χ3n) is 16.7. The van der Waals surface area contributed by atoms with Gasteiger partial charge in [-0.05, 0) is 97.4 Å². The molecule has 0 aromatic rings. The number of hydrogen-bond donors (Lipinski definition) is 3. The van der Waals surface area contributed by atoms with Crippen LogP contribution in [0, 0.1) is 121 Å². The van der Waals surface area contributed by atoms with Crippen LogP contribution in [0.4, 0.5) is 0 Å². The smallest absolute Gasteiger partial charge is 0 e. The summed E-state index contributed by atoms with van der Waals surface area (Å²) in [6.45, 7) is 70.2. The van der Waals surface area contributed by atoms with Crippen LogP contribution >= 0.6 is 0 Å². The summed E-state index contributed by atoms with van der Waals surface area (Å²) in [5.41, 5.74) is 1.28. The van der Waals surface area contributed by atoms with Gasteiger partial charge in [-0.1, -0.05) is 310 Å². The molecular formula is C86H149BMnO15U. The minimum absolute atomic E-state index is 0. The van der Waals surface area contributed by atoms with Gasteiger partial charge in [0, 0.05) is 94.8 Å². The number of hydrogen-bond acceptors (Lipinski definition) is 15. The molecule has 2 radical (unpaired) electrons. The maximum Gasteiger partial charge on any atom is 0 e. The van der Waals surface area contributed by atoms with Gasteiger partial charge in [0.1, 0.15) is 37.0 Å². The summed E-state index contributed by atoms with van der Waals surface area (Å²) in [5.74, 6) is -1.75. The monoisotopic (exact) mass is 1730 g/mol. The van der Waals surface area contributed by atoms with Crippen molar-refractivity contribution in [3.05, 3.63) is 95.7 Å². The Labute approximate surface area is 667 Å². The van der Waals surface area contributed by atoms with Crippen molar-refractivity contribution in [1.82, 2.24) is 0 Å². The summed E-state index contributed by atoms with van der Waals surface area (Å²) >= 11 is -1.44. The number of aliphatic hydroxyl groups is 3. The molecular weight excluding hydrogens is 1580 g/mol. The van der Waals surface area contributed by atoms with Crippen LogP contribution < -0.4 is 0 Å². The third kappa shape index (κ3) is 52.9.